The van der Waals surface area contributed by atoms with Crippen molar-refractivity contribution in [2.24, 2.45) is 5.92 Å². The third kappa shape index (κ3) is 18.5. The second-order valence-electron chi connectivity index (χ2n) is 3.29. The molecule has 0 aromatic rings. The van der Waals surface area contributed by atoms with E-state index in [1.807, 2.05) is 34.8 Å². The second-order valence-corrected chi connectivity index (χ2v) is 8.95. The van der Waals surface area contributed by atoms with E-state index < -0.39 is 0 Å². The molecule has 0 heterocycles. The first-order valence-corrected chi connectivity index (χ1v) is 11.0. The van der Waals surface area contributed by atoms with Gasteiger partial charge in [-0.05, 0) is 19.4 Å². The standard InChI is InChI=1S/C8H15NO2S2.C3H8S2.H3N/c1-6(4-5-10)8(11)9-7(2)13-12-3;1-3-5-4-2;/h5-7H,4H2,1-3H3,(H,9,11);3H2,1-2H3;1H3. The van der Waals surface area contributed by atoms with Crippen LogP contribution in [0.5, 0.6) is 0 Å². The van der Waals surface area contributed by atoms with Gasteiger partial charge < -0.3 is 16.3 Å². The van der Waals surface area contributed by atoms with Gasteiger partial charge >= 0.3 is 0 Å². The van der Waals surface area contributed by atoms with Gasteiger partial charge in [-0.1, -0.05) is 57.0 Å². The van der Waals surface area contributed by atoms with Crippen LogP contribution in [0.25, 0.3) is 0 Å². The highest BCUT2D eigenvalue weighted by molar-refractivity contribution is 8.76. The van der Waals surface area contributed by atoms with Gasteiger partial charge in [-0.3, -0.25) is 4.79 Å². The number of nitrogens with one attached hydrogen (secondary N) is 1. The van der Waals surface area contributed by atoms with E-state index in [0.717, 1.165) is 6.29 Å². The Kier molecular flexibility index (Phi) is 23.9. The Hall–Kier alpha value is 0.500. The summed E-state index contributed by atoms with van der Waals surface area (Å²) in [6.45, 7) is 5.83. The highest BCUT2D eigenvalue weighted by Gasteiger charge is 2.14. The maximum atomic E-state index is 11.3. The molecule has 2 unspecified atom stereocenters. The van der Waals surface area contributed by atoms with Gasteiger partial charge in [0.15, 0.2) is 0 Å². The van der Waals surface area contributed by atoms with Crippen LogP contribution in [-0.2, 0) is 9.59 Å². The SMILES string of the molecule is CCSSC.CSSC(C)NC(=O)C(C)CC=O.N. The van der Waals surface area contributed by atoms with E-state index in [-0.39, 0.29) is 23.3 Å². The van der Waals surface area contributed by atoms with Gasteiger partial charge in [0.2, 0.25) is 5.91 Å². The first-order valence-electron chi connectivity index (χ1n) is 5.62. The largest absolute Gasteiger partial charge is 0.344 e. The molecule has 19 heavy (non-hydrogen) atoms. The normalized spacial score (nSPS) is 12.3. The lowest BCUT2D eigenvalue weighted by molar-refractivity contribution is -0.126. The van der Waals surface area contributed by atoms with Gasteiger partial charge in [0, 0.05) is 18.1 Å². The first-order chi connectivity index (χ1) is 8.53. The number of aldehydes is 1. The third-order valence-corrected chi connectivity index (χ3v) is 5.65. The molecule has 0 bridgehead atoms. The van der Waals surface area contributed by atoms with E-state index in [1.54, 1.807) is 28.5 Å². The summed E-state index contributed by atoms with van der Waals surface area (Å²) in [7, 11) is 6.90. The van der Waals surface area contributed by atoms with Crippen LogP contribution in [0.15, 0.2) is 0 Å². The molecule has 0 radical (unpaired) electrons. The fourth-order valence-corrected chi connectivity index (χ4v) is 3.29. The average Bonchev–Trinajstić information content (AvgIpc) is 2.31. The zero-order chi connectivity index (χ0) is 14.4. The van der Waals surface area contributed by atoms with E-state index >= 15 is 0 Å². The number of carbonyl (C=O) groups excluding carboxylic acids is 2. The Labute approximate surface area is 133 Å². The van der Waals surface area contributed by atoms with Crippen molar-refractivity contribution in [2.75, 3.05) is 18.3 Å². The molecular formula is C11H26N2O2S4. The lowest BCUT2D eigenvalue weighted by atomic mass is 10.1. The molecular weight excluding hydrogens is 320 g/mol. The Balaban J connectivity index is -0.000000366. The predicted molar refractivity (Wildman–Crippen MR) is 95.2 cm³/mol. The zero-order valence-corrected chi connectivity index (χ0v) is 15.6. The summed E-state index contributed by atoms with van der Waals surface area (Å²) in [6.07, 6.45) is 5.12. The van der Waals surface area contributed by atoms with Crippen LogP contribution in [0.1, 0.15) is 27.2 Å². The van der Waals surface area contributed by atoms with Gasteiger partial charge in [0.1, 0.15) is 6.29 Å². The van der Waals surface area contributed by atoms with Crippen LogP contribution < -0.4 is 11.5 Å². The van der Waals surface area contributed by atoms with Gasteiger partial charge in [-0.25, -0.2) is 0 Å². The van der Waals surface area contributed by atoms with Crippen molar-refractivity contribution in [3.8, 4) is 0 Å². The van der Waals surface area contributed by atoms with Crippen molar-refractivity contribution in [1.29, 1.82) is 0 Å². The third-order valence-electron chi connectivity index (χ3n) is 1.72. The molecule has 0 aromatic heterocycles. The summed E-state index contributed by atoms with van der Waals surface area (Å²) in [5, 5.41) is 2.90. The van der Waals surface area contributed by atoms with Crippen molar-refractivity contribution >= 4 is 55.4 Å². The summed E-state index contributed by atoms with van der Waals surface area (Å²) in [6, 6.07) is 0. The summed E-state index contributed by atoms with van der Waals surface area (Å²) in [4.78, 5) is 21.5. The van der Waals surface area contributed by atoms with Crippen molar-refractivity contribution in [2.45, 2.75) is 32.6 Å². The molecule has 4 N–H and O–H groups in total. The van der Waals surface area contributed by atoms with Gasteiger partial charge in [0.25, 0.3) is 0 Å². The second kappa shape index (κ2) is 18.5. The smallest absolute Gasteiger partial charge is 0.224 e. The van der Waals surface area contributed by atoms with E-state index in [2.05, 4.69) is 18.5 Å². The molecule has 0 aliphatic heterocycles. The number of rotatable bonds is 8. The van der Waals surface area contributed by atoms with E-state index in [4.69, 9.17) is 0 Å². The summed E-state index contributed by atoms with van der Waals surface area (Å²) >= 11 is 0. The Morgan fingerprint density at radius 2 is 1.84 bits per heavy atom. The molecule has 0 saturated heterocycles. The lowest BCUT2D eigenvalue weighted by Gasteiger charge is -2.14. The molecule has 0 rings (SSSR count). The maximum absolute atomic E-state index is 11.3. The molecule has 1 amide bonds. The molecule has 2 atom stereocenters. The van der Waals surface area contributed by atoms with Gasteiger partial charge in [0.05, 0.1) is 5.37 Å². The highest BCUT2D eigenvalue weighted by atomic mass is 33.1. The fraction of sp³-hybridized carbons (Fsp3) is 0.818. The number of hydrogen-bond donors (Lipinski definition) is 2. The maximum Gasteiger partial charge on any atom is 0.224 e. The van der Waals surface area contributed by atoms with Gasteiger partial charge in [-0.2, -0.15) is 0 Å². The number of carbonyl (C=O) groups is 2. The monoisotopic (exact) mass is 346 g/mol. The molecule has 0 fully saturated rings. The van der Waals surface area contributed by atoms with Crippen LogP contribution in [0.2, 0.25) is 0 Å². The molecule has 0 aliphatic carbocycles. The number of hydrogen-bond acceptors (Lipinski definition) is 7. The minimum Gasteiger partial charge on any atom is -0.344 e. The van der Waals surface area contributed by atoms with Crippen LogP contribution in [0.3, 0.4) is 0 Å². The highest BCUT2D eigenvalue weighted by Crippen LogP contribution is 2.21. The predicted octanol–water partition coefficient (Wildman–Crippen LogP) is 3.86. The molecule has 0 saturated carbocycles. The molecule has 116 valence electrons. The van der Waals surface area contributed by atoms with Crippen molar-refractivity contribution in [3.05, 3.63) is 0 Å². The zero-order valence-electron chi connectivity index (χ0n) is 12.3. The van der Waals surface area contributed by atoms with E-state index in [0.29, 0.717) is 6.42 Å². The average molecular weight is 347 g/mol. The van der Waals surface area contributed by atoms with Gasteiger partial charge in [-0.15, -0.1) is 0 Å². The van der Waals surface area contributed by atoms with Crippen LogP contribution >= 0.6 is 43.2 Å². The van der Waals surface area contributed by atoms with Crippen LogP contribution in [-0.4, -0.2) is 35.8 Å². The summed E-state index contributed by atoms with van der Waals surface area (Å²) in [5.74, 6) is 0.949. The quantitative estimate of drug-likeness (QED) is 0.392. The minimum absolute atomic E-state index is 0. The van der Waals surface area contributed by atoms with E-state index in [9.17, 15) is 9.59 Å². The van der Waals surface area contributed by atoms with Crippen LogP contribution in [0, 0.1) is 5.92 Å². The Bertz CT molecular complexity index is 219. The van der Waals surface area contributed by atoms with Crippen molar-refractivity contribution in [3.63, 3.8) is 0 Å². The Morgan fingerprint density at radius 3 is 2.16 bits per heavy atom. The fourth-order valence-electron chi connectivity index (χ4n) is 0.880. The lowest BCUT2D eigenvalue weighted by Crippen LogP contribution is -2.34. The number of amides is 1. The molecule has 0 aromatic carbocycles. The molecule has 8 heteroatoms. The van der Waals surface area contributed by atoms with E-state index in [1.165, 1.54) is 5.75 Å². The topological polar surface area (TPSA) is 81.2 Å². The molecule has 0 spiro atoms. The molecule has 0 aliphatic rings. The Morgan fingerprint density at radius 1 is 1.26 bits per heavy atom. The van der Waals surface area contributed by atoms with Crippen LogP contribution in [0.4, 0.5) is 0 Å². The minimum atomic E-state index is -0.220. The summed E-state index contributed by atoms with van der Waals surface area (Å²) in [5.41, 5.74) is 0. The molecule has 4 nitrogen and oxygen atoms in total. The first kappa shape index (κ1) is 24.5. The van der Waals surface area contributed by atoms with Crippen molar-refractivity contribution < 1.29 is 9.59 Å². The van der Waals surface area contributed by atoms with Crippen molar-refractivity contribution in [1.82, 2.24) is 11.5 Å². The summed E-state index contributed by atoms with van der Waals surface area (Å²) < 4.78 is 0.